The Balaban J connectivity index is 1.41. The van der Waals surface area contributed by atoms with Crippen LogP contribution in [0.2, 0.25) is 0 Å². The number of ether oxygens (including phenoxy) is 1. The number of hydrogen-bond donors (Lipinski definition) is 1. The number of aromatic nitrogens is 2. The first-order valence-corrected chi connectivity index (χ1v) is 8.19. The lowest BCUT2D eigenvalue weighted by atomic mass is 10.0. The van der Waals surface area contributed by atoms with Crippen molar-refractivity contribution in [2.75, 3.05) is 5.32 Å². The zero-order valence-corrected chi connectivity index (χ0v) is 12.6. The van der Waals surface area contributed by atoms with Crippen LogP contribution in [0.3, 0.4) is 0 Å². The summed E-state index contributed by atoms with van der Waals surface area (Å²) in [5, 5.41) is 3.49. The third-order valence-corrected chi connectivity index (χ3v) is 4.92. The summed E-state index contributed by atoms with van der Waals surface area (Å²) in [6, 6.07) is 12.0. The van der Waals surface area contributed by atoms with Gasteiger partial charge in [-0.05, 0) is 36.8 Å². The van der Waals surface area contributed by atoms with Crippen LogP contribution in [-0.2, 0) is 0 Å². The third kappa shape index (κ3) is 2.91. The van der Waals surface area contributed by atoms with E-state index in [-0.39, 0.29) is 0 Å². The van der Waals surface area contributed by atoms with Gasteiger partial charge in [-0.25, -0.2) is 4.98 Å². The zero-order valence-electron chi connectivity index (χ0n) is 12.6. The molecule has 114 valence electrons. The third-order valence-electron chi connectivity index (χ3n) is 4.92. The monoisotopic (exact) mass is 295 g/mol. The highest BCUT2D eigenvalue weighted by molar-refractivity contribution is 5.32. The predicted octanol–water partition coefficient (Wildman–Crippen LogP) is 4.26. The maximum absolute atomic E-state index is 5.77. The first kappa shape index (κ1) is 13.6. The van der Waals surface area contributed by atoms with E-state index in [1.165, 1.54) is 32.1 Å². The summed E-state index contributed by atoms with van der Waals surface area (Å²) in [4.78, 5) is 8.82. The molecule has 1 heterocycles. The molecule has 2 aliphatic rings. The minimum absolute atomic E-state index is 0.516. The van der Waals surface area contributed by atoms with Crippen molar-refractivity contribution in [1.29, 1.82) is 0 Å². The van der Waals surface area contributed by atoms with Crippen molar-refractivity contribution in [3.8, 4) is 11.6 Å². The maximum atomic E-state index is 5.77. The Kier molecular flexibility index (Phi) is 3.67. The average molecular weight is 295 g/mol. The van der Waals surface area contributed by atoms with Crippen molar-refractivity contribution >= 4 is 5.95 Å². The first-order chi connectivity index (χ1) is 10.9. The van der Waals surface area contributed by atoms with E-state index in [1.807, 2.05) is 30.3 Å². The van der Waals surface area contributed by atoms with Gasteiger partial charge in [0.1, 0.15) is 5.75 Å². The topological polar surface area (TPSA) is 47.0 Å². The first-order valence-electron chi connectivity index (χ1n) is 8.19. The SMILES string of the molecule is c1ccc(Oc2ccnc(NC3CC4CCCC4C3)n2)cc1. The lowest BCUT2D eigenvalue weighted by molar-refractivity contribution is 0.457. The molecule has 0 aliphatic heterocycles. The quantitative estimate of drug-likeness (QED) is 0.915. The lowest BCUT2D eigenvalue weighted by Crippen LogP contribution is -2.18. The minimum Gasteiger partial charge on any atom is -0.439 e. The van der Waals surface area contributed by atoms with E-state index in [1.54, 1.807) is 12.3 Å². The Morgan fingerprint density at radius 3 is 2.55 bits per heavy atom. The summed E-state index contributed by atoms with van der Waals surface area (Å²) in [6.07, 6.45) is 8.50. The van der Waals surface area contributed by atoms with Gasteiger partial charge in [0.25, 0.3) is 0 Å². The summed E-state index contributed by atoms with van der Waals surface area (Å²) in [5.74, 6) is 3.89. The molecule has 2 aromatic rings. The fraction of sp³-hybridized carbons (Fsp3) is 0.444. The van der Waals surface area contributed by atoms with E-state index in [9.17, 15) is 0 Å². The van der Waals surface area contributed by atoms with Gasteiger partial charge in [0.15, 0.2) is 0 Å². The van der Waals surface area contributed by atoms with Crippen molar-refractivity contribution < 1.29 is 4.74 Å². The van der Waals surface area contributed by atoms with Crippen molar-refractivity contribution in [1.82, 2.24) is 9.97 Å². The van der Waals surface area contributed by atoms with Crippen molar-refractivity contribution in [3.05, 3.63) is 42.6 Å². The molecule has 0 radical (unpaired) electrons. The number of nitrogens with one attached hydrogen (secondary N) is 1. The number of para-hydroxylation sites is 1. The number of anilines is 1. The molecular weight excluding hydrogens is 274 g/mol. The summed E-state index contributed by atoms with van der Waals surface area (Å²) >= 11 is 0. The standard InChI is InChI=1S/C18H21N3O/c1-2-7-16(8-3-1)22-17-9-10-19-18(21-17)20-15-11-13-5-4-6-14(13)12-15/h1-3,7-10,13-15H,4-6,11-12H2,(H,19,20,21). The van der Waals surface area contributed by atoms with Gasteiger partial charge >= 0.3 is 0 Å². The fourth-order valence-corrected chi connectivity index (χ4v) is 3.94. The molecule has 1 N–H and O–H groups in total. The molecule has 4 heteroatoms. The molecule has 1 aromatic heterocycles. The van der Waals surface area contributed by atoms with E-state index >= 15 is 0 Å². The van der Waals surface area contributed by atoms with Gasteiger partial charge in [-0.2, -0.15) is 4.98 Å². The van der Waals surface area contributed by atoms with Crippen LogP contribution in [0.15, 0.2) is 42.6 Å². The lowest BCUT2D eigenvalue weighted by Gasteiger charge is -2.14. The molecule has 0 bridgehead atoms. The summed E-state index contributed by atoms with van der Waals surface area (Å²) in [6.45, 7) is 0. The Hall–Kier alpha value is -2.10. The summed E-state index contributed by atoms with van der Waals surface area (Å²) in [7, 11) is 0. The van der Waals surface area contributed by atoms with Gasteiger partial charge in [-0.1, -0.05) is 37.5 Å². The second kappa shape index (κ2) is 5.95. The highest BCUT2D eigenvalue weighted by atomic mass is 16.5. The molecule has 2 fully saturated rings. The van der Waals surface area contributed by atoms with Gasteiger partial charge < -0.3 is 10.1 Å². The molecule has 1 aromatic carbocycles. The van der Waals surface area contributed by atoms with Crippen LogP contribution in [0.5, 0.6) is 11.6 Å². The van der Waals surface area contributed by atoms with Gasteiger partial charge in [0.05, 0.1) is 0 Å². The minimum atomic E-state index is 0.516. The van der Waals surface area contributed by atoms with Crippen molar-refractivity contribution in [3.63, 3.8) is 0 Å². The Morgan fingerprint density at radius 2 is 1.77 bits per heavy atom. The molecule has 2 unspecified atom stereocenters. The van der Waals surface area contributed by atoms with Crippen LogP contribution in [0.4, 0.5) is 5.95 Å². The van der Waals surface area contributed by atoms with Crippen LogP contribution in [-0.4, -0.2) is 16.0 Å². The number of hydrogen-bond acceptors (Lipinski definition) is 4. The van der Waals surface area contributed by atoms with Gasteiger partial charge in [0, 0.05) is 18.3 Å². The molecule has 2 aliphatic carbocycles. The van der Waals surface area contributed by atoms with E-state index in [2.05, 4.69) is 15.3 Å². The molecule has 0 spiro atoms. The molecule has 2 saturated carbocycles. The maximum Gasteiger partial charge on any atom is 0.226 e. The highest BCUT2D eigenvalue weighted by Crippen LogP contribution is 2.44. The molecule has 4 rings (SSSR count). The largest absolute Gasteiger partial charge is 0.439 e. The number of rotatable bonds is 4. The summed E-state index contributed by atoms with van der Waals surface area (Å²) < 4.78 is 5.77. The van der Waals surface area contributed by atoms with E-state index in [0.717, 1.165) is 17.6 Å². The molecule has 22 heavy (non-hydrogen) atoms. The van der Waals surface area contributed by atoms with Crippen LogP contribution in [0.1, 0.15) is 32.1 Å². The fourth-order valence-electron chi connectivity index (χ4n) is 3.94. The Morgan fingerprint density at radius 1 is 1.00 bits per heavy atom. The van der Waals surface area contributed by atoms with Crippen LogP contribution in [0, 0.1) is 11.8 Å². The number of nitrogens with zero attached hydrogens (tertiary/aromatic N) is 2. The molecule has 4 nitrogen and oxygen atoms in total. The molecule has 0 saturated heterocycles. The second-order valence-electron chi connectivity index (χ2n) is 6.40. The molecular formula is C18H21N3O. The highest BCUT2D eigenvalue weighted by Gasteiger charge is 2.37. The summed E-state index contributed by atoms with van der Waals surface area (Å²) in [5.41, 5.74) is 0. The Labute approximate surface area is 130 Å². The van der Waals surface area contributed by atoms with Crippen molar-refractivity contribution in [2.45, 2.75) is 38.1 Å². The second-order valence-corrected chi connectivity index (χ2v) is 6.40. The van der Waals surface area contributed by atoms with Gasteiger partial charge in [-0.3, -0.25) is 0 Å². The Bertz CT molecular complexity index is 619. The molecule has 2 atom stereocenters. The normalized spacial score (nSPS) is 26.6. The number of fused-ring (bicyclic) bond motifs is 1. The van der Waals surface area contributed by atoms with E-state index < -0.39 is 0 Å². The molecule has 0 amide bonds. The van der Waals surface area contributed by atoms with Crippen LogP contribution < -0.4 is 10.1 Å². The van der Waals surface area contributed by atoms with Crippen LogP contribution >= 0.6 is 0 Å². The van der Waals surface area contributed by atoms with Crippen molar-refractivity contribution in [2.24, 2.45) is 11.8 Å². The predicted molar refractivity (Wildman–Crippen MR) is 86.0 cm³/mol. The average Bonchev–Trinajstić information content (AvgIpc) is 3.10. The van der Waals surface area contributed by atoms with Crippen LogP contribution in [0.25, 0.3) is 0 Å². The van der Waals surface area contributed by atoms with E-state index in [0.29, 0.717) is 17.9 Å². The van der Waals surface area contributed by atoms with Gasteiger partial charge in [0.2, 0.25) is 11.8 Å². The van der Waals surface area contributed by atoms with Gasteiger partial charge in [-0.15, -0.1) is 0 Å². The smallest absolute Gasteiger partial charge is 0.226 e. The zero-order chi connectivity index (χ0) is 14.8. The number of benzene rings is 1. The van der Waals surface area contributed by atoms with E-state index in [4.69, 9.17) is 4.74 Å².